The van der Waals surface area contributed by atoms with E-state index in [1.54, 1.807) is 12.1 Å². The van der Waals surface area contributed by atoms with Gasteiger partial charge >= 0.3 is 0 Å². The summed E-state index contributed by atoms with van der Waals surface area (Å²) in [6.45, 7) is 11.6. The Hall–Kier alpha value is -3.09. The van der Waals surface area contributed by atoms with Gasteiger partial charge < -0.3 is 4.55 Å². The molecular formula is C27H29NO4S. The van der Waals surface area contributed by atoms with Crippen LogP contribution >= 0.6 is 0 Å². The first kappa shape index (κ1) is 24.6. The molecule has 0 unspecified atom stereocenters. The van der Waals surface area contributed by atoms with Crippen molar-refractivity contribution in [1.82, 2.24) is 0 Å². The van der Waals surface area contributed by atoms with Crippen LogP contribution in [0.15, 0.2) is 77.7 Å². The summed E-state index contributed by atoms with van der Waals surface area (Å²) in [5, 5.41) is 0. The van der Waals surface area contributed by atoms with Gasteiger partial charge in [0.15, 0.2) is 11.5 Å². The molecular weight excluding hydrogens is 434 g/mol. The van der Waals surface area contributed by atoms with E-state index < -0.39 is 10.1 Å². The van der Waals surface area contributed by atoms with E-state index in [4.69, 9.17) is 0 Å². The number of carbonyl (C=O) groups is 1. The van der Waals surface area contributed by atoms with Gasteiger partial charge in [0.05, 0.1) is 10.3 Å². The number of ketones is 1. The number of rotatable bonds is 4. The quantitative estimate of drug-likeness (QED) is 0.301. The van der Waals surface area contributed by atoms with Gasteiger partial charge in [-0.2, -0.15) is 4.58 Å². The van der Waals surface area contributed by atoms with E-state index in [9.17, 15) is 17.8 Å². The molecule has 1 aliphatic heterocycles. The highest BCUT2D eigenvalue weighted by molar-refractivity contribution is 7.85. The molecule has 0 bridgehead atoms. The second-order valence-corrected chi connectivity index (χ2v) is 10.0. The zero-order valence-electron chi connectivity index (χ0n) is 19.6. The number of hydrogen-bond acceptors (Lipinski definition) is 4. The Bertz CT molecular complexity index is 1310. The van der Waals surface area contributed by atoms with Crippen molar-refractivity contribution in [3.8, 4) is 0 Å². The summed E-state index contributed by atoms with van der Waals surface area (Å²) >= 11 is 0. The van der Waals surface area contributed by atoms with Gasteiger partial charge in [-0.1, -0.05) is 48.0 Å². The van der Waals surface area contributed by atoms with Gasteiger partial charge in [-0.25, -0.2) is 8.42 Å². The Morgan fingerprint density at radius 1 is 0.909 bits per heavy atom. The largest absolute Gasteiger partial charge is 0.744 e. The highest BCUT2D eigenvalue weighted by atomic mass is 32.2. The Morgan fingerprint density at radius 3 is 2.06 bits per heavy atom. The van der Waals surface area contributed by atoms with Crippen molar-refractivity contribution in [2.45, 2.75) is 44.9 Å². The Morgan fingerprint density at radius 2 is 1.52 bits per heavy atom. The van der Waals surface area contributed by atoms with Crippen LogP contribution in [0.3, 0.4) is 0 Å². The van der Waals surface area contributed by atoms with Gasteiger partial charge in [0.25, 0.3) is 0 Å². The van der Waals surface area contributed by atoms with E-state index >= 15 is 0 Å². The molecule has 3 aromatic rings. The van der Waals surface area contributed by atoms with Gasteiger partial charge in [0.2, 0.25) is 5.69 Å². The molecule has 0 radical (unpaired) electrons. The summed E-state index contributed by atoms with van der Waals surface area (Å²) in [6, 6.07) is 21.4. The molecule has 1 aliphatic rings. The van der Waals surface area contributed by atoms with E-state index in [-0.39, 0.29) is 16.1 Å². The average molecular weight is 464 g/mol. The Kier molecular flexibility index (Phi) is 7.00. The van der Waals surface area contributed by atoms with Crippen LogP contribution in [0.1, 0.15) is 54.7 Å². The van der Waals surface area contributed by atoms with Gasteiger partial charge in [0, 0.05) is 29.7 Å². The minimum atomic E-state index is -4.27. The van der Waals surface area contributed by atoms with Gasteiger partial charge in [0.1, 0.15) is 16.7 Å². The zero-order valence-corrected chi connectivity index (χ0v) is 20.4. The number of hydrogen-bond donors (Lipinski definition) is 0. The topological polar surface area (TPSA) is 77.3 Å². The predicted octanol–water partition coefficient (Wildman–Crippen LogP) is 5.23. The van der Waals surface area contributed by atoms with E-state index in [0.717, 1.165) is 23.2 Å². The number of aryl methyl sites for hydroxylation is 1. The van der Waals surface area contributed by atoms with Crippen LogP contribution in [0.2, 0.25) is 0 Å². The minimum Gasteiger partial charge on any atom is -0.744 e. The number of nitrogens with zero attached hydrogens (tertiary/aromatic N) is 1. The fraction of sp³-hybridized carbons (Fsp3) is 0.259. The molecule has 0 saturated carbocycles. The van der Waals surface area contributed by atoms with Crippen LogP contribution in [0.5, 0.6) is 0 Å². The molecule has 3 aromatic carbocycles. The van der Waals surface area contributed by atoms with Crippen molar-refractivity contribution in [2.24, 2.45) is 0 Å². The number of benzene rings is 3. The molecule has 0 amide bonds. The summed E-state index contributed by atoms with van der Waals surface area (Å²) in [6.07, 6.45) is 0. The lowest BCUT2D eigenvalue weighted by Gasteiger charge is -2.15. The van der Waals surface area contributed by atoms with E-state index in [2.05, 4.69) is 44.4 Å². The molecule has 0 spiro atoms. The smallest absolute Gasteiger partial charge is 0.209 e. The lowest BCUT2D eigenvalue weighted by atomic mass is 9.81. The molecule has 0 saturated heterocycles. The molecule has 0 fully saturated rings. The van der Waals surface area contributed by atoms with Crippen LogP contribution in [-0.4, -0.2) is 35.6 Å². The minimum absolute atomic E-state index is 0.0294. The molecule has 0 N–H and O–H groups in total. The lowest BCUT2D eigenvalue weighted by molar-refractivity contribution is -0.434. The van der Waals surface area contributed by atoms with Crippen LogP contribution in [0.25, 0.3) is 0 Å². The maximum atomic E-state index is 12.7. The predicted molar refractivity (Wildman–Crippen MR) is 130 cm³/mol. The molecule has 0 aromatic heterocycles. The van der Waals surface area contributed by atoms with Gasteiger partial charge in [-0.15, -0.1) is 0 Å². The molecule has 172 valence electrons. The third-order valence-electron chi connectivity index (χ3n) is 6.19. The monoisotopic (exact) mass is 463 g/mol. The maximum Gasteiger partial charge on any atom is 0.209 e. The second kappa shape index (κ2) is 9.41. The summed E-state index contributed by atoms with van der Waals surface area (Å²) in [5.74, 6) is 0.0896. The first-order chi connectivity index (χ1) is 15.5. The van der Waals surface area contributed by atoms with Crippen molar-refractivity contribution in [2.75, 3.05) is 6.54 Å². The third-order valence-corrected chi connectivity index (χ3v) is 7.04. The summed E-state index contributed by atoms with van der Waals surface area (Å²) in [4.78, 5) is 12.5. The van der Waals surface area contributed by atoms with E-state index in [1.165, 1.54) is 29.1 Å². The van der Waals surface area contributed by atoms with E-state index in [1.807, 2.05) is 43.3 Å². The van der Waals surface area contributed by atoms with Crippen molar-refractivity contribution in [3.63, 3.8) is 0 Å². The normalized spacial score (nSPS) is 14.4. The van der Waals surface area contributed by atoms with Gasteiger partial charge in [-0.3, -0.25) is 4.79 Å². The SMILES string of the molecule is CC[N+]1=C(C)C(C)(C)c2cc(C(=O)c3ccccc3)ccc21.Cc1ccc(S(=O)(=O)[O-])cc1. The average Bonchev–Trinajstić information content (AvgIpc) is 2.98. The van der Waals surface area contributed by atoms with Crippen LogP contribution in [0.4, 0.5) is 5.69 Å². The fourth-order valence-corrected chi connectivity index (χ4v) is 4.46. The van der Waals surface area contributed by atoms with Crippen LogP contribution < -0.4 is 0 Å². The van der Waals surface area contributed by atoms with Gasteiger partial charge in [-0.05, 0) is 52.0 Å². The third kappa shape index (κ3) is 5.13. The van der Waals surface area contributed by atoms with Crippen molar-refractivity contribution in [3.05, 3.63) is 95.1 Å². The standard InChI is InChI=1S/C20H22NO.C7H8O3S/c1-5-21-14(2)20(3,4)17-13-16(11-12-18(17)21)19(22)15-9-7-6-8-10-15;1-6-2-4-7(5-3-6)11(8,9)10/h6-13H,5H2,1-4H3;2-5H,1H3,(H,8,9,10)/q+1;/p-1. The zero-order chi connectivity index (χ0) is 24.4. The van der Waals surface area contributed by atoms with Crippen LogP contribution in [0, 0.1) is 6.92 Å². The number of fused-ring (bicyclic) bond motifs is 1. The molecule has 5 nitrogen and oxygen atoms in total. The molecule has 4 rings (SSSR count). The molecule has 6 heteroatoms. The first-order valence-electron chi connectivity index (χ1n) is 10.8. The van der Waals surface area contributed by atoms with Crippen molar-refractivity contribution < 1.29 is 22.3 Å². The summed E-state index contributed by atoms with van der Waals surface area (Å²) < 4.78 is 33.5. The fourth-order valence-electron chi connectivity index (χ4n) is 3.99. The molecule has 0 atom stereocenters. The van der Waals surface area contributed by atoms with Crippen molar-refractivity contribution in [1.29, 1.82) is 0 Å². The molecule has 0 aliphatic carbocycles. The van der Waals surface area contributed by atoms with E-state index in [0.29, 0.717) is 0 Å². The summed E-state index contributed by atoms with van der Waals surface area (Å²) in [7, 11) is -4.27. The highest BCUT2D eigenvalue weighted by Gasteiger charge is 2.42. The molecule has 33 heavy (non-hydrogen) atoms. The summed E-state index contributed by atoms with van der Waals surface area (Å²) in [5.41, 5.74) is 6.23. The number of carbonyl (C=O) groups excluding carboxylic acids is 1. The lowest BCUT2D eigenvalue weighted by Crippen LogP contribution is -2.26. The molecule has 1 heterocycles. The van der Waals surface area contributed by atoms with Crippen LogP contribution in [-0.2, 0) is 15.5 Å². The Labute approximate surface area is 196 Å². The highest BCUT2D eigenvalue weighted by Crippen LogP contribution is 2.40. The Balaban J connectivity index is 0.000000235. The second-order valence-electron chi connectivity index (χ2n) is 8.65. The first-order valence-corrected chi connectivity index (χ1v) is 12.3. The maximum absolute atomic E-state index is 12.7. The van der Waals surface area contributed by atoms with Crippen molar-refractivity contribution >= 4 is 27.3 Å².